The van der Waals surface area contributed by atoms with Gasteiger partial charge in [0, 0.05) is 38.2 Å². The highest BCUT2D eigenvalue weighted by molar-refractivity contribution is 5.94. The topological polar surface area (TPSA) is 37.6 Å². The highest BCUT2D eigenvalue weighted by atomic mass is 16.2. The summed E-state index contributed by atoms with van der Waals surface area (Å²) in [6, 6.07) is 1.95. The molecule has 0 aliphatic heterocycles. The molecule has 4 nitrogen and oxygen atoms in total. The number of imidazole rings is 1. The molecule has 0 bridgehead atoms. The number of aromatic nitrogens is 2. The van der Waals surface area contributed by atoms with Gasteiger partial charge in [0.1, 0.15) is 5.65 Å². The molecule has 2 rings (SSSR count). The minimum absolute atomic E-state index is 0.0103. The van der Waals surface area contributed by atoms with Crippen LogP contribution in [-0.2, 0) is 5.41 Å². The average Bonchev–Trinajstić information content (AvgIpc) is 2.72. The van der Waals surface area contributed by atoms with E-state index in [9.17, 15) is 4.79 Å². The normalized spacial score (nSPS) is 11.8. The van der Waals surface area contributed by atoms with E-state index in [1.165, 1.54) is 0 Å². The van der Waals surface area contributed by atoms with Gasteiger partial charge in [-0.2, -0.15) is 0 Å². The number of amides is 1. The van der Waals surface area contributed by atoms with Gasteiger partial charge >= 0.3 is 0 Å². The highest BCUT2D eigenvalue weighted by Gasteiger charge is 2.21. The SMILES string of the molecule is CN(C)C(=O)c1cc(C(C)(C)C)c2nccn2c1. The lowest BCUT2D eigenvalue weighted by atomic mass is 9.87. The van der Waals surface area contributed by atoms with Crippen molar-refractivity contribution in [2.24, 2.45) is 0 Å². The molecule has 0 atom stereocenters. The third kappa shape index (κ3) is 2.10. The molecule has 0 fully saturated rings. The van der Waals surface area contributed by atoms with Crippen LogP contribution in [0.3, 0.4) is 0 Å². The van der Waals surface area contributed by atoms with Crippen molar-refractivity contribution in [3.8, 4) is 0 Å². The van der Waals surface area contributed by atoms with E-state index < -0.39 is 0 Å². The summed E-state index contributed by atoms with van der Waals surface area (Å²) < 4.78 is 1.91. The Hall–Kier alpha value is -1.84. The van der Waals surface area contributed by atoms with Crippen molar-refractivity contribution in [2.45, 2.75) is 26.2 Å². The van der Waals surface area contributed by atoms with Gasteiger partial charge in [-0.3, -0.25) is 4.79 Å². The van der Waals surface area contributed by atoms with Gasteiger partial charge in [-0.05, 0) is 11.5 Å². The number of nitrogens with zero attached hydrogens (tertiary/aromatic N) is 3. The van der Waals surface area contributed by atoms with Gasteiger partial charge in [0.2, 0.25) is 0 Å². The third-order valence-corrected chi connectivity index (χ3v) is 2.95. The van der Waals surface area contributed by atoms with Gasteiger partial charge in [0.25, 0.3) is 5.91 Å². The Morgan fingerprint density at radius 1 is 1.33 bits per heavy atom. The quantitative estimate of drug-likeness (QED) is 0.773. The smallest absolute Gasteiger partial charge is 0.254 e. The fourth-order valence-electron chi connectivity index (χ4n) is 1.96. The fraction of sp³-hybridized carbons (Fsp3) is 0.429. The van der Waals surface area contributed by atoms with Gasteiger partial charge in [-0.1, -0.05) is 20.8 Å². The Balaban J connectivity index is 2.69. The zero-order valence-corrected chi connectivity index (χ0v) is 11.6. The molecular weight excluding hydrogens is 226 g/mol. The molecule has 0 spiro atoms. The minimum atomic E-state index is -0.0464. The summed E-state index contributed by atoms with van der Waals surface area (Å²) in [6.07, 6.45) is 5.46. The molecule has 0 aliphatic carbocycles. The molecule has 2 aromatic heterocycles. The summed E-state index contributed by atoms with van der Waals surface area (Å²) in [5.41, 5.74) is 2.64. The lowest BCUT2D eigenvalue weighted by Crippen LogP contribution is -2.23. The first-order valence-corrected chi connectivity index (χ1v) is 5.99. The largest absolute Gasteiger partial charge is 0.345 e. The van der Waals surface area contributed by atoms with E-state index in [0.29, 0.717) is 5.56 Å². The fourth-order valence-corrected chi connectivity index (χ4v) is 1.96. The number of carbonyl (C=O) groups is 1. The maximum Gasteiger partial charge on any atom is 0.254 e. The number of hydrogen-bond acceptors (Lipinski definition) is 2. The number of carbonyl (C=O) groups excluding carboxylic acids is 1. The zero-order chi connectivity index (χ0) is 13.5. The summed E-state index contributed by atoms with van der Waals surface area (Å²) in [4.78, 5) is 18.0. The molecule has 0 radical (unpaired) electrons. The lowest BCUT2D eigenvalue weighted by molar-refractivity contribution is 0.0827. The van der Waals surface area contributed by atoms with E-state index in [1.54, 1.807) is 25.2 Å². The molecule has 96 valence electrons. The molecule has 0 N–H and O–H groups in total. The zero-order valence-electron chi connectivity index (χ0n) is 11.6. The second kappa shape index (κ2) is 4.12. The predicted molar refractivity (Wildman–Crippen MR) is 71.9 cm³/mol. The number of fused-ring (bicyclic) bond motifs is 1. The Morgan fingerprint density at radius 3 is 2.56 bits per heavy atom. The second-order valence-electron chi connectivity index (χ2n) is 5.75. The average molecular weight is 245 g/mol. The molecule has 0 saturated heterocycles. The van der Waals surface area contributed by atoms with Crippen molar-refractivity contribution < 1.29 is 4.79 Å². The Bertz CT molecular complexity index is 591. The van der Waals surface area contributed by atoms with Crippen LogP contribution in [0, 0.1) is 0 Å². The van der Waals surface area contributed by atoms with Crippen LogP contribution in [0.4, 0.5) is 0 Å². The van der Waals surface area contributed by atoms with Gasteiger partial charge < -0.3 is 9.30 Å². The van der Waals surface area contributed by atoms with Gasteiger partial charge in [0.05, 0.1) is 5.56 Å². The van der Waals surface area contributed by atoms with Crippen LogP contribution in [-0.4, -0.2) is 34.3 Å². The van der Waals surface area contributed by atoms with Crippen LogP contribution in [0.25, 0.3) is 5.65 Å². The molecule has 0 aromatic carbocycles. The molecule has 0 saturated carbocycles. The Morgan fingerprint density at radius 2 is 2.00 bits per heavy atom. The molecule has 4 heteroatoms. The highest BCUT2D eigenvalue weighted by Crippen LogP contribution is 2.27. The Labute approximate surface area is 107 Å². The maximum absolute atomic E-state index is 12.1. The Kier molecular flexibility index (Phi) is 2.89. The van der Waals surface area contributed by atoms with Crippen LogP contribution in [0.5, 0.6) is 0 Å². The van der Waals surface area contributed by atoms with Crippen LogP contribution < -0.4 is 0 Å². The van der Waals surface area contributed by atoms with E-state index >= 15 is 0 Å². The second-order valence-corrected chi connectivity index (χ2v) is 5.75. The van der Waals surface area contributed by atoms with Crippen molar-refractivity contribution >= 4 is 11.6 Å². The van der Waals surface area contributed by atoms with Crippen molar-refractivity contribution in [3.05, 3.63) is 35.8 Å². The van der Waals surface area contributed by atoms with Crippen molar-refractivity contribution in [1.82, 2.24) is 14.3 Å². The van der Waals surface area contributed by atoms with Crippen LogP contribution in [0.2, 0.25) is 0 Å². The van der Waals surface area contributed by atoms with E-state index in [4.69, 9.17) is 0 Å². The lowest BCUT2D eigenvalue weighted by Gasteiger charge is -2.21. The van der Waals surface area contributed by atoms with Crippen molar-refractivity contribution in [3.63, 3.8) is 0 Å². The van der Waals surface area contributed by atoms with E-state index in [2.05, 4.69) is 25.8 Å². The third-order valence-electron chi connectivity index (χ3n) is 2.95. The molecule has 2 aromatic rings. The molecule has 18 heavy (non-hydrogen) atoms. The summed E-state index contributed by atoms with van der Waals surface area (Å²) in [5, 5.41) is 0. The molecule has 0 unspecified atom stereocenters. The summed E-state index contributed by atoms with van der Waals surface area (Å²) >= 11 is 0. The first-order chi connectivity index (χ1) is 8.30. The van der Waals surface area contributed by atoms with Crippen molar-refractivity contribution in [1.29, 1.82) is 0 Å². The first kappa shape index (κ1) is 12.6. The van der Waals surface area contributed by atoms with E-state index in [-0.39, 0.29) is 11.3 Å². The molecule has 1 amide bonds. The maximum atomic E-state index is 12.1. The monoisotopic (exact) mass is 245 g/mol. The summed E-state index contributed by atoms with van der Waals surface area (Å²) in [5.74, 6) is 0.0103. The van der Waals surface area contributed by atoms with E-state index in [1.807, 2.05) is 22.9 Å². The van der Waals surface area contributed by atoms with Gasteiger partial charge in [0.15, 0.2) is 0 Å². The number of hydrogen-bond donors (Lipinski definition) is 0. The summed E-state index contributed by atoms with van der Waals surface area (Å²) in [7, 11) is 3.52. The van der Waals surface area contributed by atoms with Crippen LogP contribution in [0.1, 0.15) is 36.7 Å². The molecule has 0 aliphatic rings. The minimum Gasteiger partial charge on any atom is -0.345 e. The summed E-state index contributed by atoms with van der Waals surface area (Å²) in [6.45, 7) is 6.38. The molecular formula is C14H19N3O. The number of pyridine rings is 1. The van der Waals surface area contributed by atoms with Crippen molar-refractivity contribution in [2.75, 3.05) is 14.1 Å². The van der Waals surface area contributed by atoms with Gasteiger partial charge in [-0.25, -0.2) is 4.98 Å². The standard InChI is InChI=1S/C14H19N3O/c1-14(2,3)11-8-10(13(18)16(4)5)9-17-7-6-15-12(11)17/h6-9H,1-5H3. The van der Waals surface area contributed by atoms with Crippen LogP contribution >= 0.6 is 0 Å². The van der Waals surface area contributed by atoms with Gasteiger partial charge in [-0.15, -0.1) is 0 Å². The predicted octanol–water partition coefficient (Wildman–Crippen LogP) is 2.33. The van der Waals surface area contributed by atoms with Crippen LogP contribution in [0.15, 0.2) is 24.7 Å². The van der Waals surface area contributed by atoms with E-state index in [0.717, 1.165) is 11.2 Å². The number of rotatable bonds is 1. The molecule has 2 heterocycles. The first-order valence-electron chi connectivity index (χ1n) is 5.99.